The van der Waals surface area contributed by atoms with E-state index in [2.05, 4.69) is 4.98 Å². The molecule has 12 heavy (non-hydrogen) atoms. The van der Waals surface area contributed by atoms with Crippen LogP contribution in [0.1, 0.15) is 11.1 Å². The summed E-state index contributed by atoms with van der Waals surface area (Å²) in [6.45, 7) is 7.43. The van der Waals surface area contributed by atoms with Gasteiger partial charge in [0.2, 0.25) is 0 Å². The summed E-state index contributed by atoms with van der Waals surface area (Å²) in [4.78, 5) is 4.19. The first-order chi connectivity index (χ1) is 5.41. The third-order valence-corrected chi connectivity index (χ3v) is 3.19. The molecule has 0 aromatic carbocycles. The standard InChI is InChI=1S/C9H14NOP/c1-7-5-8(2)9(10-6-7)12(3,4)11/h5-6H,1-4H3. The molecular weight excluding hydrogens is 169 g/mol. The number of rotatable bonds is 1. The Labute approximate surface area is 73.4 Å². The van der Waals surface area contributed by atoms with Gasteiger partial charge in [-0.2, -0.15) is 0 Å². The highest BCUT2D eigenvalue weighted by atomic mass is 31.2. The lowest BCUT2D eigenvalue weighted by Gasteiger charge is -2.09. The van der Waals surface area contributed by atoms with Gasteiger partial charge in [0.05, 0.1) is 0 Å². The van der Waals surface area contributed by atoms with Crippen molar-refractivity contribution in [2.75, 3.05) is 13.3 Å². The molecule has 0 radical (unpaired) electrons. The van der Waals surface area contributed by atoms with Crippen molar-refractivity contribution < 1.29 is 4.57 Å². The Kier molecular flexibility index (Phi) is 2.39. The molecule has 3 heteroatoms. The Balaban J connectivity index is 3.28. The molecule has 0 saturated heterocycles. The van der Waals surface area contributed by atoms with Gasteiger partial charge >= 0.3 is 0 Å². The third kappa shape index (κ3) is 1.95. The predicted molar refractivity (Wildman–Crippen MR) is 52.8 cm³/mol. The van der Waals surface area contributed by atoms with E-state index in [1.807, 2.05) is 19.9 Å². The fraction of sp³-hybridized carbons (Fsp3) is 0.444. The second-order valence-corrected chi connectivity index (χ2v) is 6.63. The molecule has 0 unspecified atom stereocenters. The summed E-state index contributed by atoms with van der Waals surface area (Å²) in [5.74, 6) is 0. The van der Waals surface area contributed by atoms with Crippen LogP contribution in [0.25, 0.3) is 0 Å². The van der Waals surface area contributed by atoms with Crippen molar-refractivity contribution in [2.24, 2.45) is 0 Å². The van der Waals surface area contributed by atoms with E-state index in [1.165, 1.54) is 0 Å². The van der Waals surface area contributed by atoms with Crippen molar-refractivity contribution in [1.29, 1.82) is 0 Å². The van der Waals surface area contributed by atoms with Gasteiger partial charge in [-0.15, -0.1) is 0 Å². The van der Waals surface area contributed by atoms with Crippen molar-refractivity contribution in [2.45, 2.75) is 13.8 Å². The number of pyridine rings is 1. The normalized spacial score (nSPS) is 11.7. The molecule has 0 bridgehead atoms. The minimum Gasteiger partial charge on any atom is -0.318 e. The Morgan fingerprint density at radius 3 is 2.33 bits per heavy atom. The zero-order valence-electron chi connectivity index (χ0n) is 7.96. The molecule has 66 valence electrons. The SMILES string of the molecule is Cc1cnc(P(C)(C)=O)c(C)c1. The van der Waals surface area contributed by atoms with E-state index in [4.69, 9.17) is 0 Å². The zero-order valence-corrected chi connectivity index (χ0v) is 8.85. The highest BCUT2D eigenvalue weighted by molar-refractivity contribution is 7.70. The van der Waals surface area contributed by atoms with E-state index in [-0.39, 0.29) is 0 Å². The van der Waals surface area contributed by atoms with E-state index in [0.717, 1.165) is 16.6 Å². The van der Waals surface area contributed by atoms with Crippen LogP contribution >= 0.6 is 7.14 Å². The van der Waals surface area contributed by atoms with Crippen LogP contribution < -0.4 is 5.44 Å². The second kappa shape index (κ2) is 3.02. The highest BCUT2D eigenvalue weighted by Gasteiger charge is 2.14. The summed E-state index contributed by atoms with van der Waals surface area (Å²) >= 11 is 0. The minimum atomic E-state index is -2.19. The summed E-state index contributed by atoms with van der Waals surface area (Å²) in [5, 5.41) is 0. The van der Waals surface area contributed by atoms with Gasteiger partial charge in [-0.3, -0.25) is 4.98 Å². The van der Waals surface area contributed by atoms with Crippen LogP contribution in [0, 0.1) is 13.8 Å². The summed E-state index contributed by atoms with van der Waals surface area (Å²) < 4.78 is 11.7. The average Bonchev–Trinajstić information content (AvgIpc) is 1.83. The molecule has 1 aromatic heterocycles. The van der Waals surface area contributed by atoms with Gasteiger partial charge in [-0.25, -0.2) is 0 Å². The largest absolute Gasteiger partial charge is 0.318 e. The van der Waals surface area contributed by atoms with Crippen LogP contribution in [0.3, 0.4) is 0 Å². The molecule has 0 aliphatic heterocycles. The maximum atomic E-state index is 11.7. The molecule has 0 atom stereocenters. The maximum Gasteiger partial charge on any atom is 0.127 e. The molecular formula is C9H14NOP. The van der Waals surface area contributed by atoms with Crippen LogP contribution in [-0.2, 0) is 4.57 Å². The molecule has 1 heterocycles. The monoisotopic (exact) mass is 183 g/mol. The van der Waals surface area contributed by atoms with Gasteiger partial charge in [0.15, 0.2) is 0 Å². The van der Waals surface area contributed by atoms with Gasteiger partial charge in [0.25, 0.3) is 0 Å². The first kappa shape index (κ1) is 9.47. The average molecular weight is 183 g/mol. The van der Waals surface area contributed by atoms with E-state index in [1.54, 1.807) is 19.5 Å². The number of hydrogen-bond donors (Lipinski definition) is 0. The molecule has 0 spiro atoms. The van der Waals surface area contributed by atoms with Gasteiger partial charge in [0, 0.05) is 6.20 Å². The van der Waals surface area contributed by atoms with Crippen molar-refractivity contribution in [1.82, 2.24) is 4.98 Å². The summed E-state index contributed by atoms with van der Waals surface area (Å²) in [5.41, 5.74) is 2.90. The maximum absolute atomic E-state index is 11.7. The van der Waals surface area contributed by atoms with Gasteiger partial charge in [0.1, 0.15) is 12.6 Å². The molecule has 0 aliphatic carbocycles. The number of aromatic nitrogens is 1. The van der Waals surface area contributed by atoms with Crippen LogP contribution in [-0.4, -0.2) is 18.3 Å². The number of hydrogen-bond acceptors (Lipinski definition) is 2. The molecule has 1 aromatic rings. The quantitative estimate of drug-likeness (QED) is 0.623. The van der Waals surface area contributed by atoms with Crippen molar-refractivity contribution in [3.05, 3.63) is 23.4 Å². The van der Waals surface area contributed by atoms with Crippen molar-refractivity contribution in [3.63, 3.8) is 0 Å². The summed E-state index contributed by atoms with van der Waals surface area (Å²) in [7, 11) is -2.19. The van der Waals surface area contributed by atoms with E-state index < -0.39 is 7.14 Å². The second-order valence-electron chi connectivity index (χ2n) is 3.50. The predicted octanol–water partition coefficient (Wildman–Crippen LogP) is 1.95. The molecule has 2 nitrogen and oxygen atoms in total. The summed E-state index contributed by atoms with van der Waals surface area (Å²) in [6.07, 6.45) is 1.77. The van der Waals surface area contributed by atoms with Crippen molar-refractivity contribution in [3.8, 4) is 0 Å². The fourth-order valence-corrected chi connectivity index (χ4v) is 2.52. The third-order valence-electron chi connectivity index (χ3n) is 1.70. The van der Waals surface area contributed by atoms with E-state index in [9.17, 15) is 4.57 Å². The Morgan fingerprint density at radius 2 is 1.92 bits per heavy atom. The van der Waals surface area contributed by atoms with Gasteiger partial charge in [-0.1, -0.05) is 6.07 Å². The minimum absolute atomic E-state index is 0.758. The molecule has 0 amide bonds. The van der Waals surface area contributed by atoms with Crippen molar-refractivity contribution >= 4 is 12.6 Å². The highest BCUT2D eigenvalue weighted by Crippen LogP contribution is 2.34. The molecule has 0 saturated carbocycles. The number of nitrogens with zero attached hydrogens (tertiary/aromatic N) is 1. The molecule has 0 aliphatic rings. The smallest absolute Gasteiger partial charge is 0.127 e. The van der Waals surface area contributed by atoms with Gasteiger partial charge < -0.3 is 4.57 Å². The first-order valence-corrected chi connectivity index (χ1v) is 6.50. The van der Waals surface area contributed by atoms with E-state index >= 15 is 0 Å². The van der Waals surface area contributed by atoms with Crippen LogP contribution in [0.15, 0.2) is 12.3 Å². The summed E-state index contributed by atoms with van der Waals surface area (Å²) in [6, 6.07) is 2.02. The van der Waals surface area contributed by atoms with Crippen LogP contribution in [0.4, 0.5) is 0 Å². The lowest BCUT2D eigenvalue weighted by Crippen LogP contribution is -2.12. The first-order valence-electron chi connectivity index (χ1n) is 3.90. The Bertz CT molecular complexity index is 340. The molecule has 1 rings (SSSR count). The lowest BCUT2D eigenvalue weighted by atomic mass is 10.2. The fourth-order valence-electron chi connectivity index (χ4n) is 1.27. The van der Waals surface area contributed by atoms with Crippen LogP contribution in [0.2, 0.25) is 0 Å². The van der Waals surface area contributed by atoms with Gasteiger partial charge in [-0.05, 0) is 38.3 Å². The van der Waals surface area contributed by atoms with E-state index in [0.29, 0.717) is 0 Å². The molecule has 0 N–H and O–H groups in total. The number of aryl methyl sites for hydroxylation is 2. The zero-order chi connectivity index (χ0) is 9.35. The Morgan fingerprint density at radius 1 is 1.33 bits per heavy atom. The lowest BCUT2D eigenvalue weighted by molar-refractivity contribution is 0.587. The topological polar surface area (TPSA) is 30.0 Å². The molecule has 0 fully saturated rings. The van der Waals surface area contributed by atoms with Crippen LogP contribution in [0.5, 0.6) is 0 Å². The Hall–Kier alpha value is -0.620.